The van der Waals surface area contributed by atoms with E-state index >= 15 is 0 Å². The third-order valence-electron chi connectivity index (χ3n) is 4.37. The first-order valence-electron chi connectivity index (χ1n) is 8.28. The summed E-state index contributed by atoms with van der Waals surface area (Å²) in [4.78, 5) is 12.1. The predicted octanol–water partition coefficient (Wildman–Crippen LogP) is 2.76. The van der Waals surface area contributed by atoms with Crippen molar-refractivity contribution in [2.24, 2.45) is 7.05 Å². The van der Waals surface area contributed by atoms with Crippen LogP contribution in [0.2, 0.25) is 0 Å². The molecule has 2 amide bonds. The van der Waals surface area contributed by atoms with Gasteiger partial charge in [0.2, 0.25) is 6.79 Å². The van der Waals surface area contributed by atoms with Gasteiger partial charge in [0.25, 0.3) is 0 Å². The van der Waals surface area contributed by atoms with Crippen molar-refractivity contribution in [2.75, 3.05) is 18.7 Å². The molecule has 2 aromatic carbocycles. The Labute approximate surface area is 150 Å². The summed E-state index contributed by atoms with van der Waals surface area (Å²) in [6, 6.07) is 12.6. The van der Waals surface area contributed by atoms with Crippen LogP contribution in [0.4, 0.5) is 10.5 Å². The fraction of sp³-hybridized carbons (Fsp3) is 0.211. The molecule has 0 fully saturated rings. The first kappa shape index (κ1) is 16.3. The van der Waals surface area contributed by atoms with Crippen molar-refractivity contribution >= 4 is 22.6 Å². The highest BCUT2D eigenvalue weighted by Gasteiger charge is 2.17. The van der Waals surface area contributed by atoms with Crippen LogP contribution in [0.15, 0.2) is 48.7 Å². The van der Waals surface area contributed by atoms with Crippen LogP contribution in [0.5, 0.6) is 11.5 Å². The third-order valence-corrected chi connectivity index (χ3v) is 4.37. The minimum Gasteiger partial charge on any atom is -0.454 e. The number of ether oxygens (including phenoxy) is 2. The number of anilines is 1. The number of aliphatic hydroxyl groups is 1. The molecule has 0 radical (unpaired) electrons. The van der Waals surface area contributed by atoms with Crippen LogP contribution in [0.3, 0.4) is 0 Å². The summed E-state index contributed by atoms with van der Waals surface area (Å²) in [7, 11) is 1.93. The number of urea groups is 1. The number of nitrogens with zero attached hydrogens (tertiary/aromatic N) is 1. The van der Waals surface area contributed by atoms with Gasteiger partial charge >= 0.3 is 6.03 Å². The Morgan fingerprint density at radius 2 is 2.04 bits per heavy atom. The molecule has 2 heterocycles. The molecular weight excluding hydrogens is 334 g/mol. The summed E-state index contributed by atoms with van der Waals surface area (Å²) in [6.45, 7) is 0.284. The zero-order valence-electron chi connectivity index (χ0n) is 14.2. The van der Waals surface area contributed by atoms with E-state index in [-0.39, 0.29) is 13.3 Å². The van der Waals surface area contributed by atoms with Crippen molar-refractivity contribution in [3.8, 4) is 11.5 Å². The molecule has 3 N–H and O–H groups in total. The van der Waals surface area contributed by atoms with E-state index in [1.165, 1.54) is 0 Å². The number of hydrogen-bond donors (Lipinski definition) is 3. The molecule has 4 rings (SSSR count). The number of carbonyl (C=O) groups is 1. The molecule has 1 atom stereocenters. The Morgan fingerprint density at radius 1 is 1.23 bits per heavy atom. The fourth-order valence-electron chi connectivity index (χ4n) is 3.09. The molecule has 3 aromatic rings. The number of aryl methyl sites for hydroxylation is 1. The predicted molar refractivity (Wildman–Crippen MR) is 97.5 cm³/mol. The number of fused-ring (bicyclic) bond motifs is 2. The molecule has 0 saturated heterocycles. The highest BCUT2D eigenvalue weighted by atomic mass is 16.7. The van der Waals surface area contributed by atoms with E-state index in [9.17, 15) is 9.90 Å². The van der Waals surface area contributed by atoms with E-state index in [1.807, 2.05) is 42.1 Å². The Morgan fingerprint density at radius 3 is 2.92 bits per heavy atom. The van der Waals surface area contributed by atoms with Gasteiger partial charge in [-0.25, -0.2) is 4.79 Å². The van der Waals surface area contributed by atoms with Crippen molar-refractivity contribution in [3.63, 3.8) is 0 Å². The lowest BCUT2D eigenvalue weighted by Crippen LogP contribution is -2.32. The number of carbonyl (C=O) groups excluding carboxylic acids is 1. The van der Waals surface area contributed by atoms with Gasteiger partial charge in [-0.15, -0.1) is 0 Å². The average Bonchev–Trinajstić information content (AvgIpc) is 3.24. The van der Waals surface area contributed by atoms with E-state index in [0.717, 1.165) is 16.5 Å². The zero-order chi connectivity index (χ0) is 18.1. The second-order valence-electron chi connectivity index (χ2n) is 6.13. The smallest absolute Gasteiger partial charge is 0.319 e. The molecule has 7 heteroatoms. The maximum absolute atomic E-state index is 12.1. The number of amides is 2. The van der Waals surface area contributed by atoms with Gasteiger partial charge in [0.1, 0.15) is 0 Å². The molecule has 0 unspecified atom stereocenters. The third kappa shape index (κ3) is 3.04. The van der Waals surface area contributed by atoms with Gasteiger partial charge in [-0.2, -0.15) is 0 Å². The number of para-hydroxylation sites is 1. The maximum Gasteiger partial charge on any atom is 0.319 e. The van der Waals surface area contributed by atoms with Crippen molar-refractivity contribution in [2.45, 2.75) is 6.10 Å². The summed E-state index contributed by atoms with van der Waals surface area (Å²) < 4.78 is 12.5. The average molecular weight is 353 g/mol. The number of hydrogen-bond acceptors (Lipinski definition) is 4. The summed E-state index contributed by atoms with van der Waals surface area (Å²) >= 11 is 0. The van der Waals surface area contributed by atoms with Gasteiger partial charge in [0, 0.05) is 48.0 Å². The lowest BCUT2D eigenvalue weighted by Gasteiger charge is -2.12. The zero-order valence-corrected chi connectivity index (χ0v) is 14.2. The number of benzene rings is 2. The van der Waals surface area contributed by atoms with Gasteiger partial charge in [-0.3, -0.25) is 0 Å². The van der Waals surface area contributed by atoms with Gasteiger partial charge in [0.15, 0.2) is 11.5 Å². The van der Waals surface area contributed by atoms with Crippen LogP contribution in [0, 0.1) is 0 Å². The van der Waals surface area contributed by atoms with Crippen molar-refractivity contribution in [1.29, 1.82) is 0 Å². The van der Waals surface area contributed by atoms with Gasteiger partial charge in [-0.1, -0.05) is 18.2 Å². The van der Waals surface area contributed by atoms with E-state index in [1.54, 1.807) is 18.2 Å². The Hall–Kier alpha value is -3.19. The van der Waals surface area contributed by atoms with E-state index in [2.05, 4.69) is 10.6 Å². The number of rotatable bonds is 4. The van der Waals surface area contributed by atoms with E-state index in [0.29, 0.717) is 17.2 Å². The normalized spacial score (nSPS) is 13.6. The van der Waals surface area contributed by atoms with E-state index < -0.39 is 12.1 Å². The van der Waals surface area contributed by atoms with Gasteiger partial charge in [-0.05, 0) is 18.2 Å². The van der Waals surface area contributed by atoms with Crippen molar-refractivity contribution in [1.82, 2.24) is 9.88 Å². The summed E-state index contributed by atoms with van der Waals surface area (Å²) in [5.74, 6) is 1.25. The lowest BCUT2D eigenvalue weighted by molar-refractivity contribution is 0.174. The second kappa shape index (κ2) is 6.61. The topological polar surface area (TPSA) is 84.8 Å². The Kier molecular flexibility index (Phi) is 4.14. The summed E-state index contributed by atoms with van der Waals surface area (Å²) in [5, 5.41) is 16.9. The quantitative estimate of drug-likeness (QED) is 0.673. The van der Waals surface area contributed by atoms with Crippen LogP contribution in [-0.2, 0) is 7.05 Å². The lowest BCUT2D eigenvalue weighted by atomic mass is 10.1. The SMILES string of the molecule is Cn1cc([C@H](O)CNC(=O)Nc2ccc3c(c2)OCO3)c2ccccc21. The molecule has 0 aliphatic carbocycles. The van der Waals surface area contributed by atoms with Crippen LogP contribution < -0.4 is 20.1 Å². The minimum absolute atomic E-state index is 0.102. The molecule has 1 aliphatic rings. The first-order chi connectivity index (χ1) is 12.6. The molecule has 26 heavy (non-hydrogen) atoms. The monoisotopic (exact) mass is 353 g/mol. The van der Waals surface area contributed by atoms with Crippen LogP contribution >= 0.6 is 0 Å². The molecule has 0 bridgehead atoms. The summed E-state index contributed by atoms with van der Waals surface area (Å²) in [6.07, 6.45) is 1.08. The van der Waals surface area contributed by atoms with Gasteiger partial charge in [0.05, 0.1) is 6.10 Å². The van der Waals surface area contributed by atoms with E-state index in [4.69, 9.17) is 9.47 Å². The Bertz CT molecular complexity index is 967. The Balaban J connectivity index is 1.39. The van der Waals surface area contributed by atoms with Crippen molar-refractivity contribution in [3.05, 3.63) is 54.2 Å². The highest BCUT2D eigenvalue weighted by molar-refractivity contribution is 5.90. The second-order valence-corrected chi connectivity index (χ2v) is 6.13. The largest absolute Gasteiger partial charge is 0.454 e. The number of aliphatic hydroxyl groups excluding tert-OH is 1. The van der Waals surface area contributed by atoms with Crippen LogP contribution in [-0.4, -0.2) is 29.0 Å². The van der Waals surface area contributed by atoms with Crippen LogP contribution in [0.25, 0.3) is 10.9 Å². The molecule has 1 aromatic heterocycles. The fourth-order valence-corrected chi connectivity index (χ4v) is 3.09. The number of nitrogens with one attached hydrogen (secondary N) is 2. The number of aromatic nitrogens is 1. The van der Waals surface area contributed by atoms with Crippen molar-refractivity contribution < 1.29 is 19.4 Å². The molecule has 0 spiro atoms. The minimum atomic E-state index is -0.802. The first-order valence-corrected chi connectivity index (χ1v) is 8.28. The highest BCUT2D eigenvalue weighted by Crippen LogP contribution is 2.34. The molecule has 134 valence electrons. The maximum atomic E-state index is 12.1. The molecule has 7 nitrogen and oxygen atoms in total. The molecule has 1 aliphatic heterocycles. The molecular formula is C19H19N3O4. The van der Waals surface area contributed by atoms with Gasteiger partial charge < -0.3 is 29.8 Å². The standard InChI is InChI=1S/C19H19N3O4/c1-22-10-14(13-4-2-3-5-15(13)22)16(23)9-20-19(24)21-12-6-7-17-18(8-12)26-11-25-17/h2-8,10,16,23H,9,11H2,1H3,(H2,20,21,24)/t16-/m1/s1. The molecule has 0 saturated carbocycles. The van der Waals surface area contributed by atoms with Crippen LogP contribution in [0.1, 0.15) is 11.7 Å². The summed E-state index contributed by atoms with van der Waals surface area (Å²) in [5.41, 5.74) is 2.41.